The standard InChI is InChI=1S/C12H28N2O/c1-11(2)13-8-6-7-9-14(4)12(3)10-15-5/h11-13H,6-10H2,1-5H3. The van der Waals surface area contributed by atoms with Crippen molar-refractivity contribution in [2.45, 2.75) is 45.7 Å². The van der Waals surface area contributed by atoms with Gasteiger partial charge < -0.3 is 15.0 Å². The van der Waals surface area contributed by atoms with Crippen LogP contribution in [0, 0.1) is 0 Å². The molecule has 0 bridgehead atoms. The fraction of sp³-hybridized carbons (Fsp3) is 1.00. The van der Waals surface area contributed by atoms with E-state index in [1.54, 1.807) is 7.11 Å². The molecule has 1 atom stereocenters. The van der Waals surface area contributed by atoms with Gasteiger partial charge in [-0.15, -0.1) is 0 Å². The van der Waals surface area contributed by atoms with Crippen molar-refractivity contribution in [3.05, 3.63) is 0 Å². The molecule has 0 aromatic rings. The van der Waals surface area contributed by atoms with E-state index in [2.05, 4.69) is 38.0 Å². The number of hydrogen-bond donors (Lipinski definition) is 1. The summed E-state index contributed by atoms with van der Waals surface area (Å²) in [4.78, 5) is 2.36. The molecule has 1 N–H and O–H groups in total. The van der Waals surface area contributed by atoms with Gasteiger partial charge in [0.25, 0.3) is 0 Å². The van der Waals surface area contributed by atoms with E-state index in [1.165, 1.54) is 12.8 Å². The molecule has 3 heteroatoms. The summed E-state index contributed by atoms with van der Waals surface area (Å²) in [6.07, 6.45) is 2.51. The van der Waals surface area contributed by atoms with Crippen molar-refractivity contribution in [3.63, 3.8) is 0 Å². The fourth-order valence-electron chi connectivity index (χ4n) is 1.47. The summed E-state index contributed by atoms with van der Waals surface area (Å²) in [5.74, 6) is 0. The summed E-state index contributed by atoms with van der Waals surface area (Å²) in [7, 11) is 3.93. The average Bonchev–Trinajstić information content (AvgIpc) is 2.16. The van der Waals surface area contributed by atoms with Crippen LogP contribution < -0.4 is 5.32 Å². The Morgan fingerprint density at radius 1 is 1.20 bits per heavy atom. The molecular formula is C12H28N2O. The zero-order valence-electron chi connectivity index (χ0n) is 11.0. The molecule has 0 fully saturated rings. The zero-order valence-corrected chi connectivity index (χ0v) is 11.0. The van der Waals surface area contributed by atoms with E-state index in [0.717, 1.165) is 19.7 Å². The molecular weight excluding hydrogens is 188 g/mol. The van der Waals surface area contributed by atoms with Crippen molar-refractivity contribution in [1.29, 1.82) is 0 Å². The van der Waals surface area contributed by atoms with Gasteiger partial charge in [0.2, 0.25) is 0 Å². The number of nitrogens with one attached hydrogen (secondary N) is 1. The van der Waals surface area contributed by atoms with E-state index in [1.807, 2.05) is 0 Å². The number of nitrogens with zero attached hydrogens (tertiary/aromatic N) is 1. The molecule has 0 aromatic carbocycles. The molecule has 0 aliphatic carbocycles. The van der Waals surface area contributed by atoms with Gasteiger partial charge in [-0.1, -0.05) is 13.8 Å². The molecule has 15 heavy (non-hydrogen) atoms. The lowest BCUT2D eigenvalue weighted by molar-refractivity contribution is 0.114. The van der Waals surface area contributed by atoms with Gasteiger partial charge in [0, 0.05) is 19.2 Å². The highest BCUT2D eigenvalue weighted by molar-refractivity contribution is 4.62. The minimum Gasteiger partial charge on any atom is -0.383 e. The zero-order chi connectivity index (χ0) is 11.7. The molecule has 0 rings (SSSR count). The second-order valence-corrected chi connectivity index (χ2v) is 4.60. The second kappa shape index (κ2) is 9.13. The third-order valence-corrected chi connectivity index (χ3v) is 2.65. The van der Waals surface area contributed by atoms with Crippen molar-refractivity contribution in [2.75, 3.05) is 33.9 Å². The lowest BCUT2D eigenvalue weighted by Crippen LogP contribution is -2.34. The Labute approximate surface area is 95.2 Å². The molecule has 0 aromatic heterocycles. The Morgan fingerprint density at radius 3 is 2.40 bits per heavy atom. The molecule has 1 unspecified atom stereocenters. The molecule has 0 spiro atoms. The van der Waals surface area contributed by atoms with Crippen LogP contribution in [0.5, 0.6) is 0 Å². The van der Waals surface area contributed by atoms with E-state index in [0.29, 0.717) is 12.1 Å². The monoisotopic (exact) mass is 216 g/mol. The first-order chi connectivity index (χ1) is 7.07. The Kier molecular flexibility index (Phi) is 9.06. The van der Waals surface area contributed by atoms with Crippen LogP contribution in [0.3, 0.4) is 0 Å². The first kappa shape index (κ1) is 14.9. The quantitative estimate of drug-likeness (QED) is 0.594. The normalized spacial score (nSPS) is 13.8. The maximum Gasteiger partial charge on any atom is 0.0615 e. The molecule has 0 heterocycles. The Morgan fingerprint density at radius 2 is 1.87 bits per heavy atom. The minimum absolute atomic E-state index is 0.521. The number of rotatable bonds is 9. The molecule has 0 aliphatic rings. The number of hydrogen-bond acceptors (Lipinski definition) is 3. The first-order valence-corrected chi connectivity index (χ1v) is 6.00. The lowest BCUT2D eigenvalue weighted by atomic mass is 10.2. The Hall–Kier alpha value is -0.120. The van der Waals surface area contributed by atoms with Gasteiger partial charge in [-0.05, 0) is 39.9 Å². The number of likely N-dealkylation sites (N-methyl/N-ethyl adjacent to an activating group) is 1. The van der Waals surface area contributed by atoms with Crippen LogP contribution >= 0.6 is 0 Å². The number of methoxy groups -OCH3 is 1. The van der Waals surface area contributed by atoms with Crippen LogP contribution in [0.4, 0.5) is 0 Å². The Bertz CT molecular complexity index is 140. The van der Waals surface area contributed by atoms with Crippen molar-refractivity contribution >= 4 is 0 Å². The van der Waals surface area contributed by atoms with E-state index >= 15 is 0 Å². The summed E-state index contributed by atoms with van der Waals surface area (Å²) in [6.45, 7) is 9.69. The predicted octanol–water partition coefficient (Wildman–Crippen LogP) is 1.73. The smallest absolute Gasteiger partial charge is 0.0615 e. The summed E-state index contributed by atoms with van der Waals surface area (Å²) in [5, 5.41) is 3.43. The second-order valence-electron chi connectivity index (χ2n) is 4.60. The van der Waals surface area contributed by atoms with Crippen LogP contribution in [0.25, 0.3) is 0 Å². The SMILES string of the molecule is COCC(C)N(C)CCCCNC(C)C. The summed E-state index contributed by atoms with van der Waals surface area (Å²) in [5.41, 5.74) is 0. The Balaban J connectivity index is 3.34. The molecule has 0 saturated carbocycles. The highest BCUT2D eigenvalue weighted by Crippen LogP contribution is 1.99. The van der Waals surface area contributed by atoms with Crippen molar-refractivity contribution in [3.8, 4) is 0 Å². The molecule has 0 saturated heterocycles. The average molecular weight is 216 g/mol. The first-order valence-electron chi connectivity index (χ1n) is 6.00. The maximum absolute atomic E-state index is 5.13. The lowest BCUT2D eigenvalue weighted by Gasteiger charge is -2.23. The highest BCUT2D eigenvalue weighted by Gasteiger charge is 2.07. The van der Waals surface area contributed by atoms with E-state index in [-0.39, 0.29) is 0 Å². The van der Waals surface area contributed by atoms with Gasteiger partial charge in [0.1, 0.15) is 0 Å². The van der Waals surface area contributed by atoms with Crippen LogP contribution in [-0.2, 0) is 4.74 Å². The van der Waals surface area contributed by atoms with E-state index in [9.17, 15) is 0 Å². The summed E-state index contributed by atoms with van der Waals surface area (Å²) < 4.78 is 5.13. The molecule has 0 radical (unpaired) electrons. The largest absolute Gasteiger partial charge is 0.383 e. The molecule has 0 amide bonds. The molecule has 0 aliphatic heterocycles. The van der Waals surface area contributed by atoms with Gasteiger partial charge >= 0.3 is 0 Å². The van der Waals surface area contributed by atoms with Crippen molar-refractivity contribution < 1.29 is 4.74 Å². The minimum atomic E-state index is 0.521. The third-order valence-electron chi connectivity index (χ3n) is 2.65. The molecule has 3 nitrogen and oxygen atoms in total. The predicted molar refractivity (Wildman–Crippen MR) is 66.3 cm³/mol. The van der Waals surface area contributed by atoms with E-state index in [4.69, 9.17) is 4.74 Å². The summed E-state index contributed by atoms with van der Waals surface area (Å²) >= 11 is 0. The number of ether oxygens (including phenoxy) is 1. The maximum atomic E-state index is 5.13. The van der Waals surface area contributed by atoms with Crippen molar-refractivity contribution in [1.82, 2.24) is 10.2 Å². The van der Waals surface area contributed by atoms with Crippen LogP contribution in [-0.4, -0.2) is 50.8 Å². The van der Waals surface area contributed by atoms with Gasteiger partial charge in [0.05, 0.1) is 6.61 Å². The van der Waals surface area contributed by atoms with Crippen molar-refractivity contribution in [2.24, 2.45) is 0 Å². The fourth-order valence-corrected chi connectivity index (χ4v) is 1.47. The van der Waals surface area contributed by atoms with E-state index < -0.39 is 0 Å². The van der Waals surface area contributed by atoms with Gasteiger partial charge in [-0.2, -0.15) is 0 Å². The molecule has 92 valence electrons. The highest BCUT2D eigenvalue weighted by atomic mass is 16.5. The third kappa shape index (κ3) is 8.85. The topological polar surface area (TPSA) is 24.5 Å². The van der Waals surface area contributed by atoms with Gasteiger partial charge in [-0.25, -0.2) is 0 Å². The van der Waals surface area contributed by atoms with Crippen LogP contribution in [0.2, 0.25) is 0 Å². The van der Waals surface area contributed by atoms with Crippen LogP contribution in [0.1, 0.15) is 33.6 Å². The van der Waals surface area contributed by atoms with Gasteiger partial charge in [-0.3, -0.25) is 0 Å². The van der Waals surface area contributed by atoms with Gasteiger partial charge in [0.15, 0.2) is 0 Å². The number of unbranched alkanes of at least 4 members (excludes halogenated alkanes) is 1. The van der Waals surface area contributed by atoms with Crippen LogP contribution in [0.15, 0.2) is 0 Å². The summed E-state index contributed by atoms with van der Waals surface area (Å²) in [6, 6.07) is 1.13.